The number of hydrogen-bond donors (Lipinski definition) is 1. The Morgan fingerprint density at radius 2 is 1.72 bits per heavy atom. The molecule has 0 atom stereocenters. The van der Waals surface area contributed by atoms with Crippen LogP contribution in [0.15, 0.2) is 48.5 Å². The largest absolute Gasteiger partial charge is 0.494 e. The Hall–Kier alpha value is -4.12. The van der Waals surface area contributed by atoms with Crippen LogP contribution in [0.4, 0.5) is 5.13 Å². The van der Waals surface area contributed by atoms with Crippen molar-refractivity contribution in [2.45, 2.75) is 6.92 Å². The SMILES string of the molecule is CCOc1ccc(-c2nnc3sc(NC(=O)CN4C(=O)c5ccccc5C4=O)nn23)cc1. The maximum atomic E-state index is 12.5. The summed E-state index contributed by atoms with van der Waals surface area (Å²) in [6.45, 7) is 2.08. The van der Waals surface area contributed by atoms with Crippen molar-refractivity contribution >= 4 is 39.2 Å². The standard InChI is InChI=1S/C21H16N6O4S/c1-2-31-13-9-7-12(8-10-13)17-23-24-21-27(17)25-20(32-21)22-16(28)11-26-18(29)14-5-3-4-6-15(14)19(26)30/h3-10H,2,11H2,1H3,(H,22,25,28). The minimum atomic E-state index is -0.535. The molecule has 4 aromatic rings. The first-order valence-electron chi connectivity index (χ1n) is 9.75. The molecule has 5 rings (SSSR count). The van der Waals surface area contributed by atoms with E-state index in [0.29, 0.717) is 28.5 Å². The van der Waals surface area contributed by atoms with Crippen LogP contribution in [-0.4, -0.2) is 55.6 Å². The first-order chi connectivity index (χ1) is 15.5. The average molecular weight is 448 g/mol. The van der Waals surface area contributed by atoms with Gasteiger partial charge < -0.3 is 4.74 Å². The van der Waals surface area contributed by atoms with E-state index >= 15 is 0 Å². The molecular weight excluding hydrogens is 432 g/mol. The lowest BCUT2D eigenvalue weighted by atomic mass is 10.1. The topological polar surface area (TPSA) is 119 Å². The molecule has 10 nitrogen and oxygen atoms in total. The summed E-state index contributed by atoms with van der Waals surface area (Å²) in [6, 6.07) is 13.8. The average Bonchev–Trinajstić information content (AvgIpc) is 3.43. The zero-order valence-electron chi connectivity index (χ0n) is 16.8. The van der Waals surface area contributed by atoms with E-state index < -0.39 is 24.3 Å². The molecule has 0 fully saturated rings. The summed E-state index contributed by atoms with van der Waals surface area (Å²) >= 11 is 1.13. The van der Waals surface area contributed by atoms with Gasteiger partial charge in [0.15, 0.2) is 5.82 Å². The van der Waals surface area contributed by atoms with Crippen LogP contribution in [0.2, 0.25) is 0 Å². The van der Waals surface area contributed by atoms with Crippen LogP contribution in [0.25, 0.3) is 16.3 Å². The monoisotopic (exact) mass is 448 g/mol. The fourth-order valence-corrected chi connectivity index (χ4v) is 4.16. The van der Waals surface area contributed by atoms with E-state index in [1.54, 1.807) is 24.3 Å². The maximum Gasteiger partial charge on any atom is 0.262 e. The van der Waals surface area contributed by atoms with Crippen LogP contribution in [0.3, 0.4) is 0 Å². The van der Waals surface area contributed by atoms with E-state index in [2.05, 4.69) is 20.6 Å². The molecule has 0 saturated heterocycles. The van der Waals surface area contributed by atoms with E-state index in [1.807, 2.05) is 31.2 Å². The van der Waals surface area contributed by atoms with E-state index in [-0.39, 0.29) is 5.13 Å². The van der Waals surface area contributed by atoms with Crippen molar-refractivity contribution in [2.75, 3.05) is 18.5 Å². The number of ether oxygens (including phenoxy) is 1. The lowest BCUT2D eigenvalue weighted by Gasteiger charge is -2.12. The van der Waals surface area contributed by atoms with Crippen molar-refractivity contribution in [3.63, 3.8) is 0 Å². The number of fused-ring (bicyclic) bond motifs is 2. The molecule has 0 radical (unpaired) electrons. The molecule has 0 bridgehead atoms. The van der Waals surface area contributed by atoms with Gasteiger partial charge in [-0.2, -0.15) is 4.52 Å². The number of aromatic nitrogens is 4. The summed E-state index contributed by atoms with van der Waals surface area (Å²) in [5.41, 5.74) is 1.38. The number of benzene rings is 2. The highest BCUT2D eigenvalue weighted by atomic mass is 32.1. The normalized spacial score (nSPS) is 13.0. The smallest absolute Gasteiger partial charge is 0.262 e. The molecule has 1 N–H and O–H groups in total. The summed E-state index contributed by atoms with van der Waals surface area (Å²) in [7, 11) is 0. The highest BCUT2D eigenvalue weighted by Gasteiger charge is 2.36. The van der Waals surface area contributed by atoms with Gasteiger partial charge in [-0.1, -0.05) is 23.5 Å². The minimum Gasteiger partial charge on any atom is -0.494 e. The molecule has 0 saturated carbocycles. The van der Waals surface area contributed by atoms with Crippen LogP contribution >= 0.6 is 11.3 Å². The van der Waals surface area contributed by atoms with Crippen LogP contribution in [0.5, 0.6) is 5.75 Å². The van der Waals surface area contributed by atoms with Gasteiger partial charge in [0.2, 0.25) is 16.0 Å². The van der Waals surface area contributed by atoms with Gasteiger partial charge in [-0.05, 0) is 43.3 Å². The maximum absolute atomic E-state index is 12.5. The molecule has 160 valence electrons. The predicted molar refractivity (Wildman–Crippen MR) is 116 cm³/mol. The molecule has 0 aliphatic carbocycles. The van der Waals surface area contributed by atoms with Crippen LogP contribution in [-0.2, 0) is 4.79 Å². The van der Waals surface area contributed by atoms with Gasteiger partial charge >= 0.3 is 0 Å². The van der Waals surface area contributed by atoms with Crippen molar-refractivity contribution in [3.8, 4) is 17.1 Å². The molecule has 2 aromatic carbocycles. The van der Waals surface area contributed by atoms with Gasteiger partial charge in [0.1, 0.15) is 12.3 Å². The Morgan fingerprint density at radius 3 is 2.38 bits per heavy atom. The molecule has 3 heterocycles. The Balaban J connectivity index is 1.31. The van der Waals surface area contributed by atoms with E-state index in [1.165, 1.54) is 4.52 Å². The number of hydrogen-bond acceptors (Lipinski definition) is 8. The molecule has 11 heteroatoms. The molecule has 0 unspecified atom stereocenters. The summed E-state index contributed by atoms with van der Waals surface area (Å²) in [5.74, 6) is -0.253. The predicted octanol–water partition coefficient (Wildman–Crippen LogP) is 2.49. The molecule has 32 heavy (non-hydrogen) atoms. The Bertz CT molecular complexity index is 1330. The zero-order chi connectivity index (χ0) is 22.2. The minimum absolute atomic E-state index is 0.281. The third kappa shape index (κ3) is 3.38. The number of carbonyl (C=O) groups excluding carboxylic acids is 3. The summed E-state index contributed by atoms with van der Waals surface area (Å²) in [4.78, 5) is 38.8. The van der Waals surface area contributed by atoms with Crippen molar-refractivity contribution in [3.05, 3.63) is 59.7 Å². The fraction of sp³-hybridized carbons (Fsp3) is 0.143. The van der Waals surface area contributed by atoms with Crippen molar-refractivity contribution in [1.29, 1.82) is 0 Å². The van der Waals surface area contributed by atoms with Gasteiger partial charge in [0.05, 0.1) is 17.7 Å². The number of amides is 3. The number of nitrogens with zero attached hydrogens (tertiary/aromatic N) is 5. The van der Waals surface area contributed by atoms with Crippen molar-refractivity contribution in [1.82, 2.24) is 24.7 Å². The highest BCUT2D eigenvalue weighted by molar-refractivity contribution is 7.20. The van der Waals surface area contributed by atoms with Crippen molar-refractivity contribution in [2.24, 2.45) is 0 Å². The van der Waals surface area contributed by atoms with E-state index in [0.717, 1.165) is 27.5 Å². The highest BCUT2D eigenvalue weighted by Crippen LogP contribution is 2.26. The molecule has 1 aliphatic rings. The molecule has 1 aliphatic heterocycles. The number of rotatable bonds is 6. The summed E-state index contributed by atoms with van der Waals surface area (Å²) in [5, 5.41) is 15.5. The Labute approximate surface area is 185 Å². The van der Waals surface area contributed by atoms with Gasteiger partial charge in [0.25, 0.3) is 11.8 Å². The first kappa shape index (κ1) is 19.8. The van der Waals surface area contributed by atoms with Crippen molar-refractivity contribution < 1.29 is 19.1 Å². The fourth-order valence-electron chi connectivity index (χ4n) is 3.40. The lowest BCUT2D eigenvalue weighted by molar-refractivity contribution is -0.116. The van der Waals surface area contributed by atoms with Crippen LogP contribution in [0, 0.1) is 0 Å². The van der Waals surface area contributed by atoms with E-state index in [4.69, 9.17) is 4.74 Å². The van der Waals surface area contributed by atoms with Gasteiger partial charge in [-0.3, -0.25) is 24.6 Å². The van der Waals surface area contributed by atoms with E-state index in [9.17, 15) is 14.4 Å². The Morgan fingerprint density at radius 1 is 1.03 bits per heavy atom. The first-order valence-corrected chi connectivity index (χ1v) is 10.6. The quantitative estimate of drug-likeness (QED) is 0.450. The summed E-state index contributed by atoms with van der Waals surface area (Å²) in [6.07, 6.45) is 0. The number of imide groups is 1. The zero-order valence-corrected chi connectivity index (χ0v) is 17.6. The number of nitrogens with one attached hydrogen (secondary N) is 1. The molecular formula is C21H16N6O4S. The molecule has 0 spiro atoms. The lowest BCUT2D eigenvalue weighted by Crippen LogP contribution is -2.37. The number of carbonyl (C=O) groups is 3. The second-order valence-corrected chi connectivity index (χ2v) is 7.83. The second kappa shape index (κ2) is 7.85. The number of anilines is 1. The van der Waals surface area contributed by atoms with Gasteiger partial charge in [-0.25, -0.2) is 0 Å². The molecule has 2 aromatic heterocycles. The Kier molecular flexibility index (Phi) is 4.86. The van der Waals surface area contributed by atoms with Crippen LogP contribution < -0.4 is 10.1 Å². The third-order valence-electron chi connectivity index (χ3n) is 4.84. The van der Waals surface area contributed by atoms with Crippen LogP contribution in [0.1, 0.15) is 27.6 Å². The third-order valence-corrected chi connectivity index (χ3v) is 5.65. The van der Waals surface area contributed by atoms with Gasteiger partial charge in [0, 0.05) is 5.56 Å². The second-order valence-electron chi connectivity index (χ2n) is 6.87. The van der Waals surface area contributed by atoms with Gasteiger partial charge in [-0.15, -0.1) is 15.3 Å². The molecule has 3 amide bonds. The summed E-state index contributed by atoms with van der Waals surface area (Å²) < 4.78 is 6.97.